The van der Waals surface area contributed by atoms with Crippen LogP contribution in [-0.4, -0.2) is 30.6 Å². The molecule has 0 saturated heterocycles. The van der Waals surface area contributed by atoms with E-state index in [1.165, 1.54) is 5.56 Å². The van der Waals surface area contributed by atoms with E-state index in [2.05, 4.69) is 44.1 Å². The lowest BCUT2D eigenvalue weighted by Crippen LogP contribution is -2.39. The van der Waals surface area contributed by atoms with Crippen molar-refractivity contribution in [2.24, 2.45) is 0 Å². The molecular formula is C13H24N2O. The van der Waals surface area contributed by atoms with Gasteiger partial charge < -0.3 is 9.73 Å². The Hall–Kier alpha value is -0.800. The Morgan fingerprint density at radius 1 is 1.38 bits per heavy atom. The van der Waals surface area contributed by atoms with Crippen LogP contribution >= 0.6 is 0 Å². The summed E-state index contributed by atoms with van der Waals surface area (Å²) in [4.78, 5) is 2.34. The van der Waals surface area contributed by atoms with Crippen molar-refractivity contribution in [1.82, 2.24) is 10.2 Å². The van der Waals surface area contributed by atoms with Crippen LogP contribution in [-0.2, 0) is 6.54 Å². The number of hydrogen-bond donors (Lipinski definition) is 1. The van der Waals surface area contributed by atoms with E-state index in [-0.39, 0.29) is 0 Å². The van der Waals surface area contributed by atoms with Crippen LogP contribution < -0.4 is 5.32 Å². The van der Waals surface area contributed by atoms with E-state index in [0.717, 1.165) is 18.8 Å². The van der Waals surface area contributed by atoms with Crippen molar-refractivity contribution in [2.75, 3.05) is 13.6 Å². The molecule has 0 spiro atoms. The topological polar surface area (TPSA) is 28.4 Å². The molecule has 92 valence electrons. The summed E-state index contributed by atoms with van der Waals surface area (Å²) >= 11 is 0. The summed E-state index contributed by atoms with van der Waals surface area (Å²) in [5.74, 6) is 1.02. The quantitative estimate of drug-likeness (QED) is 0.804. The van der Waals surface area contributed by atoms with Crippen LogP contribution in [0.2, 0.25) is 0 Å². The second-order valence-electron chi connectivity index (χ2n) is 4.83. The van der Waals surface area contributed by atoms with E-state index in [1.54, 1.807) is 6.26 Å². The van der Waals surface area contributed by atoms with Gasteiger partial charge >= 0.3 is 0 Å². The molecule has 0 bridgehead atoms. The highest BCUT2D eigenvalue weighted by Gasteiger charge is 2.11. The number of likely N-dealkylation sites (N-methyl/N-ethyl adjacent to an activating group) is 1. The zero-order valence-electron chi connectivity index (χ0n) is 11.1. The highest BCUT2D eigenvalue weighted by molar-refractivity contribution is 5.15. The Morgan fingerprint density at radius 2 is 2.06 bits per heavy atom. The lowest BCUT2D eigenvalue weighted by atomic mass is 10.2. The number of rotatable bonds is 6. The van der Waals surface area contributed by atoms with E-state index in [9.17, 15) is 0 Å². The van der Waals surface area contributed by atoms with Crippen molar-refractivity contribution in [3.8, 4) is 0 Å². The maximum Gasteiger partial charge on any atom is 0.105 e. The summed E-state index contributed by atoms with van der Waals surface area (Å²) in [5, 5.41) is 3.46. The third kappa shape index (κ3) is 3.99. The van der Waals surface area contributed by atoms with E-state index in [0.29, 0.717) is 12.1 Å². The third-order valence-electron chi connectivity index (χ3n) is 2.96. The molecule has 1 aromatic rings. The van der Waals surface area contributed by atoms with Crippen LogP contribution in [0.1, 0.15) is 32.1 Å². The molecule has 0 aliphatic heterocycles. The molecule has 3 heteroatoms. The first kappa shape index (κ1) is 13.3. The first-order valence-electron chi connectivity index (χ1n) is 5.97. The number of nitrogens with one attached hydrogen (secondary N) is 1. The fraction of sp³-hybridized carbons (Fsp3) is 0.692. The highest BCUT2D eigenvalue weighted by atomic mass is 16.3. The van der Waals surface area contributed by atoms with Gasteiger partial charge in [-0.25, -0.2) is 0 Å². The predicted octanol–water partition coefficient (Wildman–Crippen LogP) is 2.41. The summed E-state index contributed by atoms with van der Waals surface area (Å²) < 4.78 is 5.30. The van der Waals surface area contributed by atoms with Gasteiger partial charge in [0.15, 0.2) is 0 Å². The molecule has 3 nitrogen and oxygen atoms in total. The van der Waals surface area contributed by atoms with Crippen molar-refractivity contribution in [3.05, 3.63) is 23.7 Å². The minimum Gasteiger partial charge on any atom is -0.469 e. The van der Waals surface area contributed by atoms with Gasteiger partial charge in [0.05, 0.1) is 6.26 Å². The molecule has 16 heavy (non-hydrogen) atoms. The van der Waals surface area contributed by atoms with Gasteiger partial charge in [-0.2, -0.15) is 0 Å². The maximum atomic E-state index is 5.30. The summed E-state index contributed by atoms with van der Waals surface area (Å²) in [7, 11) is 2.15. The van der Waals surface area contributed by atoms with Gasteiger partial charge in [0.2, 0.25) is 0 Å². The normalized spacial score (nSPS) is 13.7. The molecule has 0 aliphatic rings. The Labute approximate surface area is 98.8 Å². The van der Waals surface area contributed by atoms with Crippen molar-refractivity contribution in [2.45, 2.75) is 46.3 Å². The lowest BCUT2D eigenvalue weighted by Gasteiger charge is -2.25. The molecule has 1 heterocycles. The van der Waals surface area contributed by atoms with Gasteiger partial charge in [-0.15, -0.1) is 0 Å². The predicted molar refractivity (Wildman–Crippen MR) is 67.5 cm³/mol. The average Bonchev–Trinajstić information content (AvgIpc) is 2.60. The molecule has 0 amide bonds. The van der Waals surface area contributed by atoms with Crippen LogP contribution in [0.5, 0.6) is 0 Å². The minimum absolute atomic E-state index is 0.525. The summed E-state index contributed by atoms with van der Waals surface area (Å²) in [5.41, 5.74) is 1.28. The van der Waals surface area contributed by atoms with Crippen LogP contribution in [0.25, 0.3) is 0 Å². The Morgan fingerprint density at radius 3 is 2.56 bits per heavy atom. The largest absolute Gasteiger partial charge is 0.469 e. The molecular weight excluding hydrogens is 200 g/mol. The molecule has 0 saturated carbocycles. The molecule has 0 aromatic carbocycles. The van der Waals surface area contributed by atoms with Crippen molar-refractivity contribution in [3.63, 3.8) is 0 Å². The Kier molecular flexibility index (Phi) is 5.03. The van der Waals surface area contributed by atoms with Gasteiger partial charge in [0, 0.05) is 30.7 Å². The van der Waals surface area contributed by atoms with Crippen molar-refractivity contribution >= 4 is 0 Å². The van der Waals surface area contributed by atoms with Crippen LogP contribution in [0.15, 0.2) is 16.7 Å². The second-order valence-corrected chi connectivity index (χ2v) is 4.83. The molecule has 1 N–H and O–H groups in total. The highest BCUT2D eigenvalue weighted by Crippen LogP contribution is 2.12. The lowest BCUT2D eigenvalue weighted by molar-refractivity contribution is 0.238. The van der Waals surface area contributed by atoms with Crippen LogP contribution in [0.3, 0.4) is 0 Å². The second kappa shape index (κ2) is 6.06. The molecule has 1 aromatic heterocycles. The standard InChI is InChI=1S/C13H24N2O/c1-10(2)14-8-11(3)15(5)9-13-6-7-16-12(13)4/h6-7,10-11,14H,8-9H2,1-5H3. The molecule has 1 atom stereocenters. The Balaban J connectivity index is 2.40. The van der Waals surface area contributed by atoms with Gasteiger partial charge in [-0.1, -0.05) is 13.8 Å². The zero-order chi connectivity index (χ0) is 12.1. The number of aryl methyl sites for hydroxylation is 1. The average molecular weight is 224 g/mol. The van der Waals surface area contributed by atoms with E-state index in [1.807, 2.05) is 6.92 Å². The van der Waals surface area contributed by atoms with E-state index in [4.69, 9.17) is 4.42 Å². The number of hydrogen-bond acceptors (Lipinski definition) is 3. The molecule has 1 rings (SSSR count). The SMILES string of the molecule is Cc1occc1CN(C)C(C)CNC(C)C. The first-order valence-corrected chi connectivity index (χ1v) is 5.97. The number of nitrogens with zero attached hydrogens (tertiary/aromatic N) is 1. The smallest absolute Gasteiger partial charge is 0.105 e. The van der Waals surface area contributed by atoms with Crippen LogP contribution in [0, 0.1) is 6.92 Å². The van der Waals surface area contributed by atoms with Crippen LogP contribution in [0.4, 0.5) is 0 Å². The van der Waals surface area contributed by atoms with Crippen molar-refractivity contribution < 1.29 is 4.42 Å². The molecule has 0 radical (unpaired) electrons. The molecule has 0 aliphatic carbocycles. The fourth-order valence-corrected chi connectivity index (χ4v) is 1.56. The van der Waals surface area contributed by atoms with Gasteiger partial charge in [0.1, 0.15) is 5.76 Å². The number of furan rings is 1. The van der Waals surface area contributed by atoms with Gasteiger partial charge in [-0.05, 0) is 27.0 Å². The van der Waals surface area contributed by atoms with E-state index >= 15 is 0 Å². The molecule has 1 unspecified atom stereocenters. The Bertz CT molecular complexity index is 307. The fourth-order valence-electron chi connectivity index (χ4n) is 1.56. The van der Waals surface area contributed by atoms with Gasteiger partial charge in [0.25, 0.3) is 0 Å². The summed E-state index contributed by atoms with van der Waals surface area (Å²) in [6.45, 7) is 10.6. The minimum atomic E-state index is 0.525. The molecule has 0 fully saturated rings. The monoisotopic (exact) mass is 224 g/mol. The van der Waals surface area contributed by atoms with E-state index < -0.39 is 0 Å². The van der Waals surface area contributed by atoms with Gasteiger partial charge in [-0.3, -0.25) is 4.90 Å². The summed E-state index contributed by atoms with van der Waals surface area (Å²) in [6, 6.07) is 3.12. The summed E-state index contributed by atoms with van der Waals surface area (Å²) in [6.07, 6.45) is 1.76. The van der Waals surface area contributed by atoms with Crippen molar-refractivity contribution in [1.29, 1.82) is 0 Å². The first-order chi connectivity index (χ1) is 7.50. The zero-order valence-corrected chi connectivity index (χ0v) is 11.1. The maximum absolute atomic E-state index is 5.30. The third-order valence-corrected chi connectivity index (χ3v) is 2.96.